The highest BCUT2D eigenvalue weighted by Crippen LogP contribution is 2.43. The Bertz CT molecular complexity index is 1040. The number of esters is 2. The molecule has 0 aliphatic heterocycles. The van der Waals surface area contributed by atoms with E-state index in [1.807, 2.05) is 0 Å². The zero-order chi connectivity index (χ0) is 42.8. The van der Waals surface area contributed by atoms with E-state index in [2.05, 4.69) is 30.5 Å². The van der Waals surface area contributed by atoms with Gasteiger partial charge in [0.25, 0.3) is 0 Å². The summed E-state index contributed by atoms with van der Waals surface area (Å²) >= 11 is 0. The van der Waals surface area contributed by atoms with Gasteiger partial charge in [0.15, 0.2) is 6.10 Å². The van der Waals surface area contributed by atoms with Gasteiger partial charge in [-0.15, -0.1) is 0 Å². The Hall–Kier alpha value is -1.78. The number of carboxylic acid groups (broad SMARTS) is 1. The van der Waals surface area contributed by atoms with Crippen molar-refractivity contribution in [3.05, 3.63) is 12.2 Å². The summed E-state index contributed by atoms with van der Waals surface area (Å²) in [6, 6.07) is -1.52. The number of ether oxygens (including phenoxy) is 2. The highest BCUT2D eigenvalue weighted by Gasteiger charge is 2.28. The van der Waals surface area contributed by atoms with Gasteiger partial charge in [-0.05, 0) is 38.5 Å². The first kappa shape index (κ1) is 56.2. The SMILES string of the molecule is CCCCCCCC/C=C\CCCCCCCCCC(=O)OC(COC(=O)CCCCCCCCCCCCCCCCCCC)COP(=O)(O)OCC(N)C(=O)O. The van der Waals surface area contributed by atoms with E-state index in [1.165, 1.54) is 148 Å². The van der Waals surface area contributed by atoms with Crippen molar-refractivity contribution in [1.29, 1.82) is 0 Å². The number of carbonyl (C=O) groups is 3. The molecule has 342 valence electrons. The van der Waals surface area contributed by atoms with Crippen molar-refractivity contribution in [2.75, 3.05) is 19.8 Å². The van der Waals surface area contributed by atoms with Crippen LogP contribution in [0.4, 0.5) is 0 Å². The van der Waals surface area contributed by atoms with Crippen molar-refractivity contribution in [2.45, 2.75) is 244 Å². The maximum Gasteiger partial charge on any atom is 0.472 e. The standard InChI is InChI=1S/C46H88NO10P/c1-3-5-7-9-11-13-15-17-19-21-23-25-27-29-31-33-35-37-44(48)54-39-42(40-55-58(52,53)56-41-43(47)46(50)51)57-45(49)38-36-34-32-30-28-26-24-22-20-18-16-14-12-10-8-6-4-2/h18,20,42-43H,3-17,19,21-41,47H2,1-2H3,(H,50,51)(H,52,53)/b20-18-. The smallest absolute Gasteiger partial charge is 0.472 e. The van der Waals surface area contributed by atoms with Crippen LogP contribution in [0.1, 0.15) is 232 Å². The average Bonchev–Trinajstić information content (AvgIpc) is 3.20. The molecule has 0 aromatic heterocycles. The number of allylic oxidation sites excluding steroid dienone is 2. The Labute approximate surface area is 354 Å². The van der Waals surface area contributed by atoms with Gasteiger partial charge in [0.05, 0.1) is 13.2 Å². The summed E-state index contributed by atoms with van der Waals surface area (Å²) in [6.45, 7) is 2.83. The van der Waals surface area contributed by atoms with E-state index in [-0.39, 0.29) is 19.4 Å². The molecule has 0 heterocycles. The van der Waals surface area contributed by atoms with E-state index in [1.54, 1.807) is 0 Å². The van der Waals surface area contributed by atoms with Gasteiger partial charge >= 0.3 is 25.7 Å². The number of carboxylic acids is 1. The second-order valence-corrected chi connectivity index (χ2v) is 17.7. The summed E-state index contributed by atoms with van der Waals surface area (Å²) < 4.78 is 32.8. The third-order valence-electron chi connectivity index (χ3n) is 10.5. The predicted octanol–water partition coefficient (Wildman–Crippen LogP) is 12.8. The minimum absolute atomic E-state index is 0.161. The van der Waals surface area contributed by atoms with Gasteiger partial charge in [0, 0.05) is 12.8 Å². The number of carbonyl (C=O) groups excluding carboxylic acids is 2. The maximum absolute atomic E-state index is 12.6. The number of rotatable bonds is 45. The van der Waals surface area contributed by atoms with E-state index < -0.39 is 51.1 Å². The molecular formula is C46H88NO10P. The van der Waals surface area contributed by atoms with Crippen molar-refractivity contribution < 1.29 is 47.5 Å². The molecule has 0 saturated heterocycles. The third-order valence-corrected chi connectivity index (χ3v) is 11.5. The number of unbranched alkanes of at least 4 members (excludes halogenated alkanes) is 29. The van der Waals surface area contributed by atoms with E-state index in [0.717, 1.165) is 44.9 Å². The van der Waals surface area contributed by atoms with Crippen molar-refractivity contribution in [1.82, 2.24) is 0 Å². The molecule has 0 saturated carbocycles. The van der Waals surface area contributed by atoms with Gasteiger partial charge < -0.3 is 25.2 Å². The Kier molecular flexibility index (Phi) is 40.6. The van der Waals surface area contributed by atoms with Crippen LogP contribution in [-0.4, -0.2) is 59.9 Å². The van der Waals surface area contributed by atoms with Gasteiger partial charge in [-0.25, -0.2) is 4.57 Å². The number of hydrogen-bond donors (Lipinski definition) is 3. The van der Waals surface area contributed by atoms with E-state index >= 15 is 0 Å². The lowest BCUT2D eigenvalue weighted by atomic mass is 10.0. The summed E-state index contributed by atoms with van der Waals surface area (Å²) in [5.74, 6) is -2.37. The van der Waals surface area contributed by atoms with Crippen molar-refractivity contribution in [3.8, 4) is 0 Å². The fraction of sp³-hybridized carbons (Fsp3) is 0.891. The Morgan fingerprint density at radius 3 is 1.26 bits per heavy atom. The molecule has 58 heavy (non-hydrogen) atoms. The largest absolute Gasteiger partial charge is 0.480 e. The first-order chi connectivity index (χ1) is 28.1. The van der Waals surface area contributed by atoms with Crippen molar-refractivity contribution >= 4 is 25.7 Å². The molecule has 11 nitrogen and oxygen atoms in total. The molecule has 12 heteroatoms. The molecule has 0 fully saturated rings. The number of hydrogen-bond acceptors (Lipinski definition) is 9. The van der Waals surface area contributed by atoms with Gasteiger partial charge in [-0.1, -0.05) is 193 Å². The number of phosphoric ester groups is 1. The summed E-state index contributed by atoms with van der Waals surface area (Å²) in [4.78, 5) is 46.0. The molecule has 0 aliphatic carbocycles. The van der Waals surface area contributed by atoms with Crippen LogP contribution in [0.25, 0.3) is 0 Å². The summed E-state index contributed by atoms with van der Waals surface area (Å²) in [7, 11) is -4.71. The van der Waals surface area contributed by atoms with Gasteiger partial charge in [0.1, 0.15) is 12.6 Å². The molecule has 0 aromatic rings. The third kappa shape index (κ3) is 41.0. The first-order valence-electron chi connectivity index (χ1n) is 23.7. The van der Waals surface area contributed by atoms with Crippen LogP contribution < -0.4 is 5.73 Å². The quantitative estimate of drug-likeness (QED) is 0.0230. The van der Waals surface area contributed by atoms with Gasteiger partial charge in [-0.3, -0.25) is 23.4 Å². The van der Waals surface area contributed by atoms with Crippen LogP contribution in [0.3, 0.4) is 0 Å². The lowest BCUT2D eigenvalue weighted by Crippen LogP contribution is -2.34. The van der Waals surface area contributed by atoms with Crippen LogP contribution in [0.2, 0.25) is 0 Å². The van der Waals surface area contributed by atoms with Crippen LogP contribution >= 0.6 is 7.82 Å². The van der Waals surface area contributed by atoms with E-state index in [0.29, 0.717) is 12.8 Å². The summed E-state index contributed by atoms with van der Waals surface area (Å²) in [6.07, 6.45) is 42.7. The molecule has 3 atom stereocenters. The Morgan fingerprint density at radius 1 is 0.517 bits per heavy atom. The first-order valence-corrected chi connectivity index (χ1v) is 25.2. The van der Waals surface area contributed by atoms with Crippen LogP contribution in [0, 0.1) is 0 Å². The maximum atomic E-state index is 12.6. The van der Waals surface area contributed by atoms with Crippen molar-refractivity contribution in [3.63, 3.8) is 0 Å². The molecule has 0 aromatic carbocycles. The number of phosphoric acid groups is 1. The van der Waals surface area contributed by atoms with Crippen LogP contribution in [-0.2, 0) is 37.5 Å². The molecular weight excluding hydrogens is 757 g/mol. The molecule has 0 amide bonds. The van der Waals surface area contributed by atoms with Crippen molar-refractivity contribution in [2.24, 2.45) is 5.73 Å². The second kappa shape index (κ2) is 41.9. The Balaban J connectivity index is 4.28. The normalized spacial score (nSPS) is 13.7. The fourth-order valence-electron chi connectivity index (χ4n) is 6.77. The molecule has 0 spiro atoms. The second-order valence-electron chi connectivity index (χ2n) is 16.2. The summed E-state index contributed by atoms with van der Waals surface area (Å²) in [5.41, 5.74) is 5.34. The highest BCUT2D eigenvalue weighted by atomic mass is 31.2. The average molecular weight is 846 g/mol. The van der Waals surface area contributed by atoms with Gasteiger partial charge in [-0.2, -0.15) is 0 Å². The van der Waals surface area contributed by atoms with E-state index in [4.69, 9.17) is 24.8 Å². The zero-order valence-corrected chi connectivity index (χ0v) is 38.1. The Morgan fingerprint density at radius 2 is 0.862 bits per heavy atom. The monoisotopic (exact) mass is 846 g/mol. The fourth-order valence-corrected chi connectivity index (χ4v) is 7.55. The minimum Gasteiger partial charge on any atom is -0.480 e. The van der Waals surface area contributed by atoms with Gasteiger partial charge in [0.2, 0.25) is 0 Å². The minimum atomic E-state index is -4.71. The van der Waals surface area contributed by atoms with Crippen LogP contribution in [0.5, 0.6) is 0 Å². The molecule has 4 N–H and O–H groups in total. The van der Waals surface area contributed by atoms with Crippen LogP contribution in [0.15, 0.2) is 12.2 Å². The highest BCUT2D eigenvalue weighted by molar-refractivity contribution is 7.47. The van der Waals surface area contributed by atoms with E-state index in [9.17, 15) is 23.8 Å². The molecule has 0 aliphatic rings. The lowest BCUT2D eigenvalue weighted by Gasteiger charge is -2.20. The predicted molar refractivity (Wildman–Crippen MR) is 236 cm³/mol. The molecule has 0 bridgehead atoms. The summed E-state index contributed by atoms with van der Waals surface area (Å²) in [5, 5.41) is 8.90. The topological polar surface area (TPSA) is 172 Å². The lowest BCUT2D eigenvalue weighted by molar-refractivity contribution is -0.161. The number of nitrogens with two attached hydrogens (primary N) is 1. The molecule has 0 radical (unpaired) electrons. The number of aliphatic carboxylic acids is 1. The zero-order valence-electron chi connectivity index (χ0n) is 37.2. The molecule has 3 unspecified atom stereocenters. The molecule has 0 rings (SSSR count).